The summed E-state index contributed by atoms with van der Waals surface area (Å²) in [6.45, 7) is 0.315. The predicted molar refractivity (Wildman–Crippen MR) is 110 cm³/mol. The van der Waals surface area contributed by atoms with E-state index in [2.05, 4.69) is 10.6 Å². The van der Waals surface area contributed by atoms with Crippen molar-refractivity contribution >= 4 is 35.2 Å². The van der Waals surface area contributed by atoms with Crippen LogP contribution in [0.5, 0.6) is 0 Å². The van der Waals surface area contributed by atoms with Crippen molar-refractivity contribution in [1.82, 2.24) is 10.2 Å². The normalized spacial score (nSPS) is 20.3. The number of carbonyl (C=O) groups is 3. The molecular weight excluding hydrogens is 412 g/mol. The van der Waals surface area contributed by atoms with Crippen LogP contribution in [0.25, 0.3) is 11.1 Å². The number of hydrogen-bond acceptors (Lipinski definition) is 4. The Morgan fingerprint density at radius 1 is 1.20 bits per heavy atom. The van der Waals surface area contributed by atoms with Crippen LogP contribution < -0.4 is 10.6 Å². The fraction of sp³-hybridized carbons (Fsp3) is 0.286. The van der Waals surface area contributed by atoms with Gasteiger partial charge in [0.05, 0.1) is 23.0 Å². The minimum absolute atomic E-state index is 0.155. The molecular formula is C21H19F2N3O3S. The molecule has 1 fully saturated rings. The van der Waals surface area contributed by atoms with E-state index in [0.29, 0.717) is 24.2 Å². The zero-order chi connectivity index (χ0) is 21.4. The number of anilines is 1. The first-order chi connectivity index (χ1) is 14.4. The van der Waals surface area contributed by atoms with Gasteiger partial charge in [-0.05, 0) is 42.5 Å². The van der Waals surface area contributed by atoms with E-state index in [1.165, 1.54) is 34.9 Å². The van der Waals surface area contributed by atoms with Crippen molar-refractivity contribution in [3.63, 3.8) is 0 Å². The number of thioether (sulfide) groups is 1. The molecule has 2 N–H and O–H groups in total. The van der Waals surface area contributed by atoms with Gasteiger partial charge in [-0.25, -0.2) is 8.78 Å². The zero-order valence-corrected chi connectivity index (χ0v) is 16.9. The molecule has 0 spiro atoms. The number of nitrogens with zero attached hydrogens (tertiary/aromatic N) is 1. The van der Waals surface area contributed by atoms with Crippen molar-refractivity contribution in [3.05, 3.63) is 53.6 Å². The summed E-state index contributed by atoms with van der Waals surface area (Å²) in [5.41, 5.74) is 1.10. The Balaban J connectivity index is 1.67. The second kappa shape index (κ2) is 8.06. The van der Waals surface area contributed by atoms with Crippen LogP contribution in [0.3, 0.4) is 0 Å². The summed E-state index contributed by atoms with van der Waals surface area (Å²) >= 11 is 1.37. The first-order valence-electron chi connectivity index (χ1n) is 9.38. The molecule has 1 saturated heterocycles. The van der Waals surface area contributed by atoms with E-state index in [-0.39, 0.29) is 34.6 Å². The molecule has 2 unspecified atom stereocenters. The average Bonchev–Trinajstić information content (AvgIpc) is 3.07. The maximum Gasteiger partial charge on any atom is 0.256 e. The molecule has 6 nitrogen and oxygen atoms in total. The first-order valence-corrected chi connectivity index (χ1v) is 10.8. The maximum absolute atomic E-state index is 14.2. The Labute approximate surface area is 176 Å². The standard InChI is InChI=1S/C21H19F2N3O3S/c1-30-10-18(27)24-17-6-7-26-19(17)20(28)25-16-5-2-11(8-14(16)21(26)29)13-4-3-12(22)9-15(13)23/h2-5,8-9,17,19H,6-7,10H2,1H3,(H,24,27)(H,25,28). The number of rotatable bonds is 4. The third-order valence-electron chi connectivity index (χ3n) is 5.30. The van der Waals surface area contributed by atoms with Crippen molar-refractivity contribution in [1.29, 1.82) is 0 Å². The van der Waals surface area contributed by atoms with Gasteiger partial charge in [0.25, 0.3) is 5.91 Å². The number of fused-ring (bicyclic) bond motifs is 2. The number of amides is 3. The van der Waals surface area contributed by atoms with Gasteiger partial charge in [-0.2, -0.15) is 11.8 Å². The lowest BCUT2D eigenvalue weighted by molar-refractivity contribution is -0.122. The van der Waals surface area contributed by atoms with Gasteiger partial charge >= 0.3 is 0 Å². The van der Waals surface area contributed by atoms with Crippen molar-refractivity contribution < 1.29 is 23.2 Å². The van der Waals surface area contributed by atoms with E-state index >= 15 is 0 Å². The van der Waals surface area contributed by atoms with Crippen molar-refractivity contribution in [3.8, 4) is 11.1 Å². The molecule has 2 aromatic carbocycles. The summed E-state index contributed by atoms with van der Waals surface area (Å²) in [7, 11) is 0. The summed E-state index contributed by atoms with van der Waals surface area (Å²) in [5.74, 6) is -2.11. The van der Waals surface area contributed by atoms with E-state index < -0.39 is 23.7 Å². The molecule has 30 heavy (non-hydrogen) atoms. The minimum Gasteiger partial charge on any atom is -0.350 e. The molecule has 0 saturated carbocycles. The third-order valence-corrected chi connectivity index (χ3v) is 5.85. The molecule has 0 radical (unpaired) electrons. The zero-order valence-electron chi connectivity index (χ0n) is 16.1. The van der Waals surface area contributed by atoms with Gasteiger partial charge in [-0.15, -0.1) is 0 Å². The highest BCUT2D eigenvalue weighted by molar-refractivity contribution is 7.99. The van der Waals surface area contributed by atoms with Gasteiger partial charge in [0, 0.05) is 18.2 Å². The van der Waals surface area contributed by atoms with Crippen LogP contribution in [0.4, 0.5) is 14.5 Å². The summed E-state index contributed by atoms with van der Waals surface area (Å²) in [6, 6.07) is 6.54. The largest absolute Gasteiger partial charge is 0.350 e. The number of benzene rings is 2. The van der Waals surface area contributed by atoms with Crippen molar-refractivity contribution in [2.45, 2.75) is 18.5 Å². The van der Waals surface area contributed by atoms with Gasteiger partial charge in [0.15, 0.2) is 0 Å². The van der Waals surface area contributed by atoms with Crippen molar-refractivity contribution in [2.24, 2.45) is 0 Å². The molecule has 0 aliphatic carbocycles. The van der Waals surface area contributed by atoms with Crippen LogP contribution in [0, 0.1) is 11.6 Å². The number of halogens is 2. The SMILES string of the molecule is CSCC(=O)NC1CCN2C(=O)c3cc(-c4ccc(F)cc4F)ccc3NC(=O)C12. The van der Waals surface area contributed by atoms with Gasteiger partial charge in [-0.3, -0.25) is 14.4 Å². The van der Waals surface area contributed by atoms with E-state index in [0.717, 1.165) is 12.1 Å². The van der Waals surface area contributed by atoms with Gasteiger partial charge in [-0.1, -0.05) is 6.07 Å². The quantitative estimate of drug-likeness (QED) is 0.780. The van der Waals surface area contributed by atoms with Crippen LogP contribution in [-0.2, 0) is 9.59 Å². The fourth-order valence-electron chi connectivity index (χ4n) is 3.96. The van der Waals surface area contributed by atoms with Crippen LogP contribution in [0.15, 0.2) is 36.4 Å². The Morgan fingerprint density at radius 3 is 2.73 bits per heavy atom. The molecule has 0 aromatic heterocycles. The Morgan fingerprint density at radius 2 is 2.00 bits per heavy atom. The van der Waals surface area contributed by atoms with Crippen LogP contribution in [0.2, 0.25) is 0 Å². The molecule has 2 aromatic rings. The summed E-state index contributed by atoms with van der Waals surface area (Å²) in [6.07, 6.45) is 2.27. The third kappa shape index (κ3) is 3.65. The maximum atomic E-state index is 14.2. The lowest BCUT2D eigenvalue weighted by Crippen LogP contribution is -2.51. The van der Waals surface area contributed by atoms with Gasteiger partial charge in [0.2, 0.25) is 11.8 Å². The van der Waals surface area contributed by atoms with E-state index in [1.54, 1.807) is 12.3 Å². The van der Waals surface area contributed by atoms with Gasteiger partial charge < -0.3 is 15.5 Å². The summed E-state index contributed by atoms with van der Waals surface area (Å²) in [4.78, 5) is 39.5. The smallest absolute Gasteiger partial charge is 0.256 e. The second-order valence-corrected chi connectivity index (χ2v) is 8.08. The summed E-state index contributed by atoms with van der Waals surface area (Å²) < 4.78 is 27.4. The van der Waals surface area contributed by atoms with E-state index in [4.69, 9.17) is 0 Å². The minimum atomic E-state index is -0.818. The van der Waals surface area contributed by atoms with Crippen LogP contribution in [0.1, 0.15) is 16.8 Å². The molecule has 2 aliphatic rings. The predicted octanol–water partition coefficient (Wildman–Crippen LogP) is 2.65. The van der Waals surface area contributed by atoms with Crippen LogP contribution in [-0.4, -0.2) is 53.3 Å². The Kier molecular flexibility index (Phi) is 5.46. The highest BCUT2D eigenvalue weighted by Gasteiger charge is 2.45. The van der Waals surface area contributed by atoms with E-state index in [9.17, 15) is 23.2 Å². The molecule has 3 amide bonds. The molecule has 2 heterocycles. The lowest BCUT2D eigenvalue weighted by Gasteiger charge is -2.24. The molecule has 2 atom stereocenters. The molecule has 156 valence electrons. The Hall–Kier alpha value is -2.94. The molecule has 9 heteroatoms. The summed E-state index contributed by atoms with van der Waals surface area (Å²) in [5, 5.41) is 5.59. The topological polar surface area (TPSA) is 78.5 Å². The Bertz CT molecular complexity index is 1050. The number of nitrogens with one attached hydrogen (secondary N) is 2. The highest BCUT2D eigenvalue weighted by atomic mass is 32.2. The number of hydrogen-bond donors (Lipinski definition) is 2. The lowest BCUT2D eigenvalue weighted by atomic mass is 10.0. The van der Waals surface area contributed by atoms with Crippen molar-refractivity contribution in [2.75, 3.05) is 23.9 Å². The first kappa shape index (κ1) is 20.3. The van der Waals surface area contributed by atoms with E-state index in [1.807, 2.05) is 0 Å². The monoisotopic (exact) mass is 431 g/mol. The average molecular weight is 431 g/mol. The fourth-order valence-corrected chi connectivity index (χ4v) is 4.30. The molecule has 2 aliphatic heterocycles. The second-order valence-electron chi connectivity index (χ2n) is 7.21. The van der Waals surface area contributed by atoms with Gasteiger partial charge in [0.1, 0.15) is 17.7 Å². The molecule has 4 rings (SSSR count). The highest BCUT2D eigenvalue weighted by Crippen LogP contribution is 2.33. The van der Waals surface area contributed by atoms with Crippen LogP contribution >= 0.6 is 11.8 Å². The number of carbonyl (C=O) groups excluding carboxylic acids is 3. The molecule has 0 bridgehead atoms.